The molecule has 0 saturated carbocycles. The van der Waals surface area contributed by atoms with Gasteiger partial charge in [0, 0.05) is 54.0 Å². The number of aromatic nitrogens is 2. The Labute approximate surface area is 333 Å². The Bertz CT molecular complexity index is 2300. The lowest BCUT2D eigenvalue weighted by atomic mass is 9.92. The molecule has 1 fully saturated rings. The molecule has 1 aliphatic rings. The Morgan fingerprint density at radius 3 is 1.56 bits per heavy atom. The highest BCUT2D eigenvalue weighted by Crippen LogP contribution is 2.36. The van der Waals surface area contributed by atoms with Crippen LogP contribution in [0.3, 0.4) is 0 Å². The summed E-state index contributed by atoms with van der Waals surface area (Å²) in [7, 11) is -6.90. The third kappa shape index (κ3) is 9.49. The summed E-state index contributed by atoms with van der Waals surface area (Å²) in [5.74, 6) is 0.452. The quantitative estimate of drug-likeness (QED) is 0.121. The van der Waals surface area contributed by atoms with Gasteiger partial charge in [0.05, 0.1) is 45.3 Å². The van der Waals surface area contributed by atoms with Gasteiger partial charge >= 0.3 is 0 Å². The Morgan fingerprint density at radius 1 is 0.655 bits per heavy atom. The molecule has 3 heterocycles. The highest BCUT2D eigenvalue weighted by molar-refractivity contribution is 7.89. The van der Waals surface area contributed by atoms with Gasteiger partial charge in [-0.1, -0.05) is 113 Å². The van der Waals surface area contributed by atoms with E-state index in [0.29, 0.717) is 55.1 Å². The molecule has 0 amide bonds. The van der Waals surface area contributed by atoms with Crippen molar-refractivity contribution in [1.82, 2.24) is 18.6 Å². The summed E-state index contributed by atoms with van der Waals surface area (Å²) >= 11 is 3.26. The molecule has 4 aromatic carbocycles. The van der Waals surface area contributed by atoms with Gasteiger partial charge in [0.1, 0.15) is 5.01 Å². The molecular formula is C42H46N4O5S4. The number of hydrogen-bond acceptors (Lipinski definition) is 9. The van der Waals surface area contributed by atoms with Crippen molar-refractivity contribution >= 4 is 42.7 Å². The number of benzene rings is 4. The van der Waals surface area contributed by atoms with Crippen LogP contribution in [0, 0.1) is 0 Å². The molecule has 0 atom stereocenters. The van der Waals surface area contributed by atoms with Crippen LogP contribution in [0.4, 0.5) is 0 Å². The minimum absolute atomic E-state index is 0.0541. The smallest absolute Gasteiger partial charge is 0.243 e. The van der Waals surface area contributed by atoms with Crippen molar-refractivity contribution in [3.63, 3.8) is 0 Å². The second kappa shape index (κ2) is 18.2. The molecule has 1 aliphatic heterocycles. The minimum atomic E-state index is -3.46. The van der Waals surface area contributed by atoms with Gasteiger partial charge in [0.2, 0.25) is 20.0 Å². The fourth-order valence-electron chi connectivity index (χ4n) is 6.25. The van der Waals surface area contributed by atoms with Crippen molar-refractivity contribution in [2.24, 2.45) is 0 Å². The Balaban J connectivity index is 0.000000197. The van der Waals surface area contributed by atoms with Crippen LogP contribution in [-0.4, -0.2) is 74.8 Å². The third-order valence-electron chi connectivity index (χ3n) is 9.30. The summed E-state index contributed by atoms with van der Waals surface area (Å²) in [6, 6.07) is 34.8. The number of morpholine rings is 1. The van der Waals surface area contributed by atoms with Gasteiger partial charge < -0.3 is 4.74 Å². The molecule has 1 saturated heterocycles. The predicted octanol–water partition coefficient (Wildman–Crippen LogP) is 8.98. The Hall–Kier alpha value is -4.08. The van der Waals surface area contributed by atoms with E-state index in [1.807, 2.05) is 61.0 Å². The standard InChI is InChI=1S/C26H26N2O2S2.C16H20N2O3S2/c1-3-28(4-2)32(29,30)23-17-15-20(16-18-23)24-19-31-26(27-24)25(21-11-7-5-8-12-21)22-13-9-6-10-14-22;1-12(2)16-17-15(11-22-16)13-3-5-14(6-4-13)23(19,20)18-7-9-21-10-8-18/h5-19,25H,3-4H2,1-2H3;3-6,11-12H,7-10H2,1-2H3. The van der Waals surface area contributed by atoms with Gasteiger partial charge in [-0.05, 0) is 35.4 Å². The lowest BCUT2D eigenvalue weighted by molar-refractivity contribution is 0.0730. The van der Waals surface area contributed by atoms with Gasteiger partial charge in [-0.3, -0.25) is 0 Å². The van der Waals surface area contributed by atoms with Crippen molar-refractivity contribution in [3.05, 3.63) is 141 Å². The fraction of sp³-hybridized carbons (Fsp3) is 0.286. The molecule has 7 rings (SSSR count). The number of ether oxygens (including phenoxy) is 1. The van der Waals surface area contributed by atoms with Crippen LogP contribution in [0.5, 0.6) is 0 Å². The molecule has 2 aromatic heterocycles. The van der Waals surface area contributed by atoms with E-state index >= 15 is 0 Å². The maximum atomic E-state index is 12.8. The van der Waals surface area contributed by atoms with Crippen LogP contribution in [0.2, 0.25) is 0 Å². The highest BCUT2D eigenvalue weighted by atomic mass is 32.2. The maximum Gasteiger partial charge on any atom is 0.243 e. The van der Waals surface area contributed by atoms with E-state index in [-0.39, 0.29) is 5.92 Å². The zero-order valence-electron chi connectivity index (χ0n) is 31.4. The zero-order valence-corrected chi connectivity index (χ0v) is 34.7. The first kappa shape index (κ1) is 40.6. The van der Waals surface area contributed by atoms with E-state index in [4.69, 9.17) is 9.72 Å². The number of hydrogen-bond donors (Lipinski definition) is 0. The first-order chi connectivity index (χ1) is 26.5. The number of nitrogens with zero attached hydrogens (tertiary/aromatic N) is 4. The topological polar surface area (TPSA) is 110 Å². The lowest BCUT2D eigenvalue weighted by Gasteiger charge is -2.26. The summed E-state index contributed by atoms with van der Waals surface area (Å²) < 4.78 is 58.9. The Morgan fingerprint density at radius 2 is 1.11 bits per heavy atom. The van der Waals surface area contributed by atoms with Crippen molar-refractivity contribution < 1.29 is 21.6 Å². The summed E-state index contributed by atoms with van der Waals surface area (Å²) in [6.45, 7) is 10.6. The Kier molecular flexibility index (Phi) is 13.5. The summed E-state index contributed by atoms with van der Waals surface area (Å²) in [4.78, 5) is 10.2. The minimum Gasteiger partial charge on any atom is -0.379 e. The van der Waals surface area contributed by atoms with E-state index in [0.717, 1.165) is 32.5 Å². The van der Waals surface area contributed by atoms with E-state index < -0.39 is 20.0 Å². The fourth-order valence-corrected chi connectivity index (χ4v) is 10.9. The predicted molar refractivity (Wildman–Crippen MR) is 223 cm³/mol. The van der Waals surface area contributed by atoms with Crippen molar-refractivity contribution in [2.45, 2.75) is 49.3 Å². The monoisotopic (exact) mass is 814 g/mol. The van der Waals surface area contributed by atoms with Gasteiger partial charge in [-0.2, -0.15) is 8.61 Å². The summed E-state index contributed by atoms with van der Waals surface area (Å²) in [6.07, 6.45) is 0. The van der Waals surface area contributed by atoms with Crippen LogP contribution in [0.1, 0.15) is 60.7 Å². The largest absolute Gasteiger partial charge is 0.379 e. The molecule has 55 heavy (non-hydrogen) atoms. The van der Waals surface area contributed by atoms with Crippen molar-refractivity contribution in [2.75, 3.05) is 39.4 Å². The third-order valence-corrected chi connectivity index (χ3v) is 15.3. The van der Waals surface area contributed by atoms with Gasteiger partial charge in [0.25, 0.3) is 0 Å². The highest BCUT2D eigenvalue weighted by Gasteiger charge is 2.27. The van der Waals surface area contributed by atoms with Crippen molar-refractivity contribution in [1.29, 1.82) is 0 Å². The lowest BCUT2D eigenvalue weighted by Crippen LogP contribution is -2.40. The first-order valence-corrected chi connectivity index (χ1v) is 23.0. The maximum absolute atomic E-state index is 12.8. The van der Waals surface area contributed by atoms with Gasteiger partial charge in [-0.25, -0.2) is 26.8 Å². The molecule has 0 spiro atoms. The van der Waals surface area contributed by atoms with Crippen LogP contribution in [0.25, 0.3) is 22.5 Å². The molecule has 6 aromatic rings. The molecule has 0 aliphatic carbocycles. The van der Waals surface area contributed by atoms with Crippen LogP contribution >= 0.6 is 22.7 Å². The average Bonchev–Trinajstić information content (AvgIpc) is 3.92. The van der Waals surface area contributed by atoms with Crippen LogP contribution in [0.15, 0.2) is 130 Å². The molecule has 0 unspecified atom stereocenters. The molecule has 288 valence electrons. The summed E-state index contributed by atoms with van der Waals surface area (Å²) in [5, 5.41) is 6.16. The second-order valence-electron chi connectivity index (χ2n) is 13.2. The zero-order chi connectivity index (χ0) is 39.0. The van der Waals surface area contributed by atoms with Crippen LogP contribution < -0.4 is 0 Å². The molecule has 13 heteroatoms. The summed E-state index contributed by atoms with van der Waals surface area (Å²) in [5.41, 5.74) is 5.99. The van der Waals surface area contributed by atoms with E-state index in [1.54, 1.807) is 46.9 Å². The molecule has 0 bridgehead atoms. The average molecular weight is 815 g/mol. The van der Waals surface area contributed by atoms with E-state index in [2.05, 4.69) is 67.4 Å². The molecular weight excluding hydrogens is 769 g/mol. The normalized spacial score (nSPS) is 13.9. The van der Waals surface area contributed by atoms with Gasteiger partial charge in [0.15, 0.2) is 0 Å². The molecule has 0 N–H and O–H groups in total. The molecule has 0 radical (unpaired) electrons. The second-order valence-corrected chi connectivity index (χ2v) is 18.9. The number of sulfonamides is 2. The van der Waals surface area contributed by atoms with Crippen LogP contribution in [-0.2, 0) is 24.8 Å². The van der Waals surface area contributed by atoms with Crippen molar-refractivity contribution in [3.8, 4) is 22.5 Å². The van der Waals surface area contributed by atoms with Gasteiger partial charge in [-0.15, -0.1) is 22.7 Å². The number of rotatable bonds is 12. The number of thiazole rings is 2. The van der Waals surface area contributed by atoms with E-state index in [1.165, 1.54) is 19.7 Å². The molecule has 9 nitrogen and oxygen atoms in total. The SMILES string of the molecule is CC(C)c1nc(-c2ccc(S(=O)(=O)N3CCOCC3)cc2)cs1.CCN(CC)S(=O)(=O)c1ccc(-c2csc(C(c3ccccc3)c3ccccc3)n2)cc1. The van der Waals surface area contributed by atoms with E-state index in [9.17, 15) is 16.8 Å². The first-order valence-electron chi connectivity index (χ1n) is 18.3.